The normalized spacial score (nSPS) is 18.5. The molecular formula is C13H13ClFNO3. The average molecular weight is 286 g/mol. The van der Waals surface area contributed by atoms with Crippen molar-refractivity contribution in [3.05, 3.63) is 34.6 Å². The van der Waals surface area contributed by atoms with Crippen molar-refractivity contribution in [1.29, 1.82) is 0 Å². The number of hydrogen-bond acceptors (Lipinski definition) is 3. The fourth-order valence-corrected chi connectivity index (χ4v) is 2.39. The summed E-state index contributed by atoms with van der Waals surface area (Å²) in [5.41, 5.74) is 0.244. The van der Waals surface area contributed by atoms with Crippen molar-refractivity contribution in [1.82, 2.24) is 4.90 Å². The van der Waals surface area contributed by atoms with E-state index in [1.165, 1.54) is 24.1 Å². The Kier molecular flexibility index (Phi) is 4.04. The van der Waals surface area contributed by atoms with Gasteiger partial charge in [0, 0.05) is 13.1 Å². The summed E-state index contributed by atoms with van der Waals surface area (Å²) in [5.74, 6) is -1.40. The summed E-state index contributed by atoms with van der Waals surface area (Å²) in [6.45, 7) is 0.769. The molecule has 0 bridgehead atoms. The minimum absolute atomic E-state index is 0.0755. The van der Waals surface area contributed by atoms with E-state index < -0.39 is 5.82 Å². The number of rotatable bonds is 2. The lowest BCUT2D eigenvalue weighted by atomic mass is 10.1. The number of methoxy groups -OCH3 is 1. The van der Waals surface area contributed by atoms with Gasteiger partial charge in [0.2, 0.25) is 0 Å². The van der Waals surface area contributed by atoms with Crippen LogP contribution in [-0.4, -0.2) is 37.0 Å². The molecule has 0 aliphatic carbocycles. The summed E-state index contributed by atoms with van der Waals surface area (Å²) in [7, 11) is 1.32. The highest BCUT2D eigenvalue weighted by Gasteiger charge is 2.32. The minimum atomic E-state index is -0.490. The van der Waals surface area contributed by atoms with Crippen molar-refractivity contribution in [2.45, 2.75) is 6.42 Å². The van der Waals surface area contributed by atoms with Gasteiger partial charge in [-0.15, -0.1) is 0 Å². The summed E-state index contributed by atoms with van der Waals surface area (Å²) < 4.78 is 17.6. The van der Waals surface area contributed by atoms with Crippen LogP contribution in [-0.2, 0) is 9.53 Å². The molecule has 2 rings (SSSR count). The highest BCUT2D eigenvalue weighted by atomic mass is 35.5. The molecule has 0 N–H and O–H groups in total. The first-order chi connectivity index (χ1) is 9.02. The van der Waals surface area contributed by atoms with Gasteiger partial charge in [-0.05, 0) is 24.6 Å². The molecule has 6 heteroatoms. The number of nitrogens with zero attached hydrogens (tertiary/aromatic N) is 1. The topological polar surface area (TPSA) is 46.6 Å². The zero-order valence-corrected chi connectivity index (χ0v) is 11.1. The van der Waals surface area contributed by atoms with Gasteiger partial charge in [0.05, 0.1) is 23.6 Å². The number of ether oxygens (including phenoxy) is 1. The zero-order valence-electron chi connectivity index (χ0n) is 10.4. The molecule has 0 saturated carbocycles. The predicted octanol–water partition coefficient (Wildman–Crippen LogP) is 2.11. The number of benzene rings is 1. The molecule has 1 aliphatic heterocycles. The van der Waals surface area contributed by atoms with E-state index in [1.54, 1.807) is 0 Å². The summed E-state index contributed by atoms with van der Waals surface area (Å²) in [6, 6.07) is 3.64. The molecule has 0 radical (unpaired) electrons. The molecule has 1 heterocycles. The fourth-order valence-electron chi connectivity index (χ4n) is 2.14. The van der Waals surface area contributed by atoms with Crippen LogP contribution in [0.1, 0.15) is 16.8 Å². The molecule has 4 nitrogen and oxygen atoms in total. The molecule has 1 saturated heterocycles. The lowest BCUT2D eigenvalue weighted by Crippen LogP contribution is -2.30. The maximum Gasteiger partial charge on any atom is 0.310 e. The molecule has 0 aromatic heterocycles. The van der Waals surface area contributed by atoms with Crippen LogP contribution in [0.5, 0.6) is 0 Å². The van der Waals surface area contributed by atoms with Gasteiger partial charge in [-0.25, -0.2) is 4.39 Å². The highest BCUT2D eigenvalue weighted by molar-refractivity contribution is 6.33. The average Bonchev–Trinajstić information content (AvgIpc) is 2.86. The molecule has 1 fully saturated rings. The van der Waals surface area contributed by atoms with Crippen LogP contribution in [0.15, 0.2) is 18.2 Å². The van der Waals surface area contributed by atoms with E-state index in [-0.39, 0.29) is 28.4 Å². The second kappa shape index (κ2) is 5.57. The number of likely N-dealkylation sites (tertiary alicyclic amines) is 1. The van der Waals surface area contributed by atoms with E-state index in [4.69, 9.17) is 11.6 Å². The smallest absolute Gasteiger partial charge is 0.310 e. The van der Waals surface area contributed by atoms with Crippen molar-refractivity contribution < 1.29 is 18.7 Å². The Hall–Kier alpha value is -1.62. The molecule has 1 aliphatic rings. The Morgan fingerprint density at radius 2 is 2.21 bits per heavy atom. The Morgan fingerprint density at radius 1 is 1.47 bits per heavy atom. The van der Waals surface area contributed by atoms with E-state index in [1.807, 2.05) is 0 Å². The molecule has 0 spiro atoms. The highest BCUT2D eigenvalue weighted by Crippen LogP contribution is 2.23. The molecule has 1 aromatic carbocycles. The van der Waals surface area contributed by atoms with Crippen LogP contribution < -0.4 is 0 Å². The van der Waals surface area contributed by atoms with E-state index in [0.29, 0.717) is 19.5 Å². The van der Waals surface area contributed by atoms with Gasteiger partial charge in [0.15, 0.2) is 0 Å². The largest absolute Gasteiger partial charge is 0.469 e. The van der Waals surface area contributed by atoms with Crippen molar-refractivity contribution >= 4 is 23.5 Å². The maximum atomic E-state index is 12.9. The van der Waals surface area contributed by atoms with Crippen molar-refractivity contribution in [3.8, 4) is 0 Å². The summed E-state index contributed by atoms with van der Waals surface area (Å²) >= 11 is 5.85. The van der Waals surface area contributed by atoms with Gasteiger partial charge >= 0.3 is 5.97 Å². The van der Waals surface area contributed by atoms with Gasteiger partial charge in [-0.1, -0.05) is 11.6 Å². The SMILES string of the molecule is COC(=O)C1CCN(C(=O)c2ccc(F)cc2Cl)C1. The number of carbonyl (C=O) groups is 2. The van der Waals surface area contributed by atoms with Crippen LogP contribution in [0.4, 0.5) is 4.39 Å². The molecule has 1 amide bonds. The van der Waals surface area contributed by atoms with E-state index >= 15 is 0 Å². The summed E-state index contributed by atoms with van der Waals surface area (Å²) in [6.07, 6.45) is 0.567. The zero-order chi connectivity index (χ0) is 14.0. The minimum Gasteiger partial charge on any atom is -0.469 e. The summed E-state index contributed by atoms with van der Waals surface area (Å²) in [5, 5.41) is 0.0755. The Bertz CT molecular complexity index is 521. The Morgan fingerprint density at radius 3 is 2.84 bits per heavy atom. The van der Waals surface area contributed by atoms with E-state index in [0.717, 1.165) is 6.07 Å². The lowest BCUT2D eigenvalue weighted by molar-refractivity contribution is -0.144. The Labute approximate surface area is 115 Å². The van der Waals surface area contributed by atoms with E-state index in [2.05, 4.69) is 4.74 Å². The molecule has 1 atom stereocenters. The summed E-state index contributed by atoms with van der Waals surface area (Å²) in [4.78, 5) is 25.1. The first kappa shape index (κ1) is 13.8. The third kappa shape index (κ3) is 2.87. The van der Waals surface area contributed by atoms with Gasteiger partial charge in [-0.3, -0.25) is 9.59 Å². The number of amides is 1. The van der Waals surface area contributed by atoms with Crippen molar-refractivity contribution in [2.24, 2.45) is 5.92 Å². The fraction of sp³-hybridized carbons (Fsp3) is 0.385. The maximum absolute atomic E-state index is 12.9. The molecule has 19 heavy (non-hydrogen) atoms. The van der Waals surface area contributed by atoms with Gasteiger partial charge in [-0.2, -0.15) is 0 Å². The van der Waals surface area contributed by atoms with Crippen LogP contribution in [0.25, 0.3) is 0 Å². The van der Waals surface area contributed by atoms with Crippen molar-refractivity contribution in [2.75, 3.05) is 20.2 Å². The van der Waals surface area contributed by atoms with Gasteiger partial charge in [0.1, 0.15) is 5.82 Å². The first-order valence-corrected chi connectivity index (χ1v) is 6.23. The van der Waals surface area contributed by atoms with Gasteiger partial charge < -0.3 is 9.64 Å². The number of carbonyl (C=O) groups excluding carboxylic acids is 2. The third-order valence-corrected chi connectivity index (χ3v) is 3.48. The van der Waals surface area contributed by atoms with Crippen molar-refractivity contribution in [3.63, 3.8) is 0 Å². The number of hydrogen-bond donors (Lipinski definition) is 0. The first-order valence-electron chi connectivity index (χ1n) is 5.85. The lowest BCUT2D eigenvalue weighted by Gasteiger charge is -2.16. The quantitative estimate of drug-likeness (QED) is 0.782. The Balaban J connectivity index is 2.11. The molecule has 102 valence electrons. The van der Waals surface area contributed by atoms with Crippen LogP contribution in [0.2, 0.25) is 5.02 Å². The third-order valence-electron chi connectivity index (χ3n) is 3.17. The standard InChI is InChI=1S/C13H13ClFNO3/c1-19-13(18)8-4-5-16(7-8)12(17)10-3-2-9(15)6-11(10)14/h2-3,6,8H,4-5,7H2,1H3. The monoisotopic (exact) mass is 285 g/mol. The molecular weight excluding hydrogens is 273 g/mol. The number of halogens is 2. The molecule has 1 unspecified atom stereocenters. The van der Waals surface area contributed by atoms with Crippen LogP contribution in [0.3, 0.4) is 0 Å². The van der Waals surface area contributed by atoms with Crippen LogP contribution in [0, 0.1) is 11.7 Å². The predicted molar refractivity (Wildman–Crippen MR) is 67.4 cm³/mol. The number of esters is 1. The second-order valence-corrected chi connectivity index (χ2v) is 4.79. The second-order valence-electron chi connectivity index (χ2n) is 4.38. The van der Waals surface area contributed by atoms with Crippen LogP contribution >= 0.6 is 11.6 Å². The van der Waals surface area contributed by atoms with Gasteiger partial charge in [0.25, 0.3) is 5.91 Å². The molecule has 1 aromatic rings. The van der Waals surface area contributed by atoms with E-state index in [9.17, 15) is 14.0 Å².